The highest BCUT2D eigenvalue weighted by Gasteiger charge is 2.40. The fourth-order valence-corrected chi connectivity index (χ4v) is 9.70. The van der Waals surface area contributed by atoms with E-state index in [1.165, 1.54) is 27.8 Å². The lowest BCUT2D eigenvalue weighted by molar-refractivity contribution is 0.669. The number of furan rings is 1. The van der Waals surface area contributed by atoms with E-state index in [4.69, 9.17) is 14.4 Å². The smallest absolute Gasteiger partial charge is 0.160 e. The molecule has 0 saturated carbocycles. The third-order valence-electron chi connectivity index (χ3n) is 13.0. The summed E-state index contributed by atoms with van der Waals surface area (Å²) in [6.07, 6.45) is 0. The van der Waals surface area contributed by atoms with Crippen LogP contribution in [0.5, 0.6) is 0 Å². The first kappa shape index (κ1) is 36.7. The molecule has 11 aromatic rings. The Bertz CT molecular complexity index is 3500. The van der Waals surface area contributed by atoms with Crippen molar-refractivity contribution in [2.45, 2.75) is 12.3 Å². The Morgan fingerprint density at radius 3 is 1.63 bits per heavy atom. The van der Waals surface area contributed by atoms with E-state index < -0.39 is 0 Å². The van der Waals surface area contributed by atoms with Crippen molar-refractivity contribution in [2.75, 3.05) is 0 Å². The molecular weight excluding hydrogens is 765 g/mol. The van der Waals surface area contributed by atoms with Crippen LogP contribution < -0.4 is 0 Å². The van der Waals surface area contributed by atoms with Crippen LogP contribution in [0.2, 0.25) is 0 Å². The van der Waals surface area contributed by atoms with Crippen LogP contribution >= 0.6 is 0 Å². The normalized spacial score (nSPS) is 14.2. The molecule has 0 spiro atoms. The Kier molecular flexibility index (Phi) is 8.62. The first-order chi connectivity index (χ1) is 31.1. The first-order valence-electron chi connectivity index (χ1n) is 21.5. The second-order valence-corrected chi connectivity index (χ2v) is 16.7. The van der Waals surface area contributed by atoms with E-state index in [-0.39, 0.29) is 5.41 Å². The van der Waals surface area contributed by atoms with Crippen molar-refractivity contribution in [3.8, 4) is 78.4 Å². The Hall–Kier alpha value is -8.14. The molecule has 1 unspecified atom stereocenters. The number of rotatable bonds is 7. The second kappa shape index (κ2) is 14.8. The summed E-state index contributed by atoms with van der Waals surface area (Å²) in [5, 5.41) is 2.24. The predicted octanol–water partition coefficient (Wildman–Crippen LogP) is 15.7. The minimum Gasteiger partial charge on any atom is -0.456 e. The Labute approximate surface area is 366 Å². The molecule has 12 rings (SSSR count). The van der Waals surface area contributed by atoms with E-state index in [9.17, 15) is 0 Å². The minimum atomic E-state index is -0.255. The van der Waals surface area contributed by atoms with Crippen LogP contribution in [0.1, 0.15) is 23.6 Å². The molecule has 0 fully saturated rings. The SMILES string of the molecule is CC1(c2ccccc2)c2ccccc2-c2cc(-c3cc(-c4ccccc4)cc(-c4cc(-c5ccc(-c6ccc7oc8ccccc8c7c6)cc5)nc(-c5ccccc5)n4)c3)ccc21. The van der Waals surface area contributed by atoms with Gasteiger partial charge < -0.3 is 4.42 Å². The van der Waals surface area contributed by atoms with Crippen LogP contribution in [-0.4, -0.2) is 9.97 Å². The van der Waals surface area contributed by atoms with Crippen molar-refractivity contribution >= 4 is 21.9 Å². The number of fused-ring (bicyclic) bond motifs is 6. The maximum Gasteiger partial charge on any atom is 0.160 e. The molecule has 1 aliphatic rings. The third-order valence-corrected chi connectivity index (χ3v) is 13.0. The minimum absolute atomic E-state index is 0.255. The van der Waals surface area contributed by atoms with Gasteiger partial charge in [0.05, 0.1) is 11.4 Å². The quantitative estimate of drug-likeness (QED) is 0.161. The van der Waals surface area contributed by atoms with Crippen LogP contribution in [0.25, 0.3) is 100 Å². The average Bonchev–Trinajstić information content (AvgIpc) is 3.87. The molecule has 9 aromatic carbocycles. The van der Waals surface area contributed by atoms with Gasteiger partial charge in [0.15, 0.2) is 5.82 Å². The molecule has 1 aliphatic carbocycles. The lowest BCUT2D eigenvalue weighted by Crippen LogP contribution is -2.22. The number of hydrogen-bond acceptors (Lipinski definition) is 3. The van der Waals surface area contributed by atoms with Crippen LogP contribution in [-0.2, 0) is 5.41 Å². The van der Waals surface area contributed by atoms with Gasteiger partial charge in [-0.15, -0.1) is 0 Å². The fraction of sp³-hybridized carbons (Fsp3) is 0.0333. The zero-order valence-corrected chi connectivity index (χ0v) is 34.7. The zero-order valence-electron chi connectivity index (χ0n) is 34.7. The third kappa shape index (κ3) is 6.28. The van der Waals surface area contributed by atoms with Gasteiger partial charge in [0.2, 0.25) is 0 Å². The highest BCUT2D eigenvalue weighted by Crippen LogP contribution is 2.53. The van der Waals surface area contributed by atoms with Gasteiger partial charge in [-0.3, -0.25) is 0 Å². The van der Waals surface area contributed by atoms with E-state index in [2.05, 4.69) is 201 Å². The number of para-hydroxylation sites is 1. The second-order valence-electron chi connectivity index (χ2n) is 16.7. The summed E-state index contributed by atoms with van der Waals surface area (Å²) in [4.78, 5) is 10.5. The molecular formula is C60H40N2O. The van der Waals surface area contributed by atoms with Crippen molar-refractivity contribution in [1.82, 2.24) is 9.97 Å². The molecule has 2 aromatic heterocycles. The van der Waals surface area contributed by atoms with Gasteiger partial charge >= 0.3 is 0 Å². The number of nitrogens with zero attached hydrogens (tertiary/aromatic N) is 2. The van der Waals surface area contributed by atoms with Gasteiger partial charge in [-0.05, 0) is 117 Å². The highest BCUT2D eigenvalue weighted by atomic mass is 16.3. The monoisotopic (exact) mass is 804 g/mol. The molecule has 0 amide bonds. The molecule has 0 saturated heterocycles. The van der Waals surface area contributed by atoms with Crippen LogP contribution in [0.3, 0.4) is 0 Å². The molecule has 0 N–H and O–H groups in total. The van der Waals surface area contributed by atoms with Gasteiger partial charge in [-0.2, -0.15) is 0 Å². The molecule has 296 valence electrons. The standard InChI is InChI=1S/C60H40N2O/c1-60(48-19-9-4-10-20-48)53-23-13-11-21-49(53)51-36-44(29-31-54(51)60)46-33-45(39-15-5-2-6-16-39)34-47(35-46)56-38-55(61-59(62-56)42-17-7-3-8-18-42)41-27-25-40(26-28-41)43-30-32-58-52(37-43)50-22-12-14-24-57(50)63-58/h2-38H,1H3. The van der Waals surface area contributed by atoms with Crippen LogP contribution in [0.15, 0.2) is 229 Å². The van der Waals surface area contributed by atoms with Gasteiger partial charge in [0.1, 0.15) is 11.2 Å². The van der Waals surface area contributed by atoms with Crippen LogP contribution in [0, 0.1) is 0 Å². The van der Waals surface area contributed by atoms with Gasteiger partial charge in [-0.25, -0.2) is 9.97 Å². The number of aromatic nitrogens is 2. The van der Waals surface area contributed by atoms with Crippen molar-refractivity contribution in [3.63, 3.8) is 0 Å². The number of hydrogen-bond donors (Lipinski definition) is 0. The molecule has 63 heavy (non-hydrogen) atoms. The van der Waals surface area contributed by atoms with Crippen LogP contribution in [0.4, 0.5) is 0 Å². The molecule has 2 heterocycles. The largest absolute Gasteiger partial charge is 0.456 e. The Balaban J connectivity index is 0.988. The highest BCUT2D eigenvalue weighted by molar-refractivity contribution is 6.06. The first-order valence-corrected chi connectivity index (χ1v) is 21.5. The van der Waals surface area contributed by atoms with E-state index in [0.29, 0.717) is 5.82 Å². The Morgan fingerprint density at radius 2 is 0.857 bits per heavy atom. The van der Waals surface area contributed by atoms with E-state index in [0.717, 1.165) is 83.4 Å². The molecule has 0 bridgehead atoms. The van der Waals surface area contributed by atoms with Crippen molar-refractivity contribution < 1.29 is 4.42 Å². The van der Waals surface area contributed by atoms with E-state index in [1.807, 2.05) is 30.3 Å². The summed E-state index contributed by atoms with van der Waals surface area (Å²) in [7, 11) is 0. The summed E-state index contributed by atoms with van der Waals surface area (Å²) in [5.41, 5.74) is 19.7. The molecule has 0 radical (unpaired) electrons. The average molecular weight is 805 g/mol. The summed E-state index contributed by atoms with van der Waals surface area (Å²) >= 11 is 0. The van der Waals surface area contributed by atoms with Gasteiger partial charge in [0, 0.05) is 32.9 Å². The van der Waals surface area contributed by atoms with Crippen molar-refractivity contribution in [2.24, 2.45) is 0 Å². The maximum absolute atomic E-state index is 6.12. The lowest BCUT2D eigenvalue weighted by Gasteiger charge is -2.28. The topological polar surface area (TPSA) is 38.9 Å². The summed E-state index contributed by atoms with van der Waals surface area (Å²) in [5.74, 6) is 0.686. The summed E-state index contributed by atoms with van der Waals surface area (Å²) in [6, 6.07) is 80.2. The molecule has 1 atom stereocenters. The molecule has 3 nitrogen and oxygen atoms in total. The predicted molar refractivity (Wildman–Crippen MR) is 259 cm³/mol. The van der Waals surface area contributed by atoms with Gasteiger partial charge in [0.25, 0.3) is 0 Å². The van der Waals surface area contributed by atoms with E-state index >= 15 is 0 Å². The van der Waals surface area contributed by atoms with Gasteiger partial charge in [-0.1, -0.05) is 176 Å². The fourth-order valence-electron chi connectivity index (χ4n) is 9.70. The Morgan fingerprint density at radius 1 is 0.333 bits per heavy atom. The zero-order chi connectivity index (χ0) is 41.9. The molecule has 0 aliphatic heterocycles. The van der Waals surface area contributed by atoms with E-state index in [1.54, 1.807) is 0 Å². The van der Waals surface area contributed by atoms with Crippen molar-refractivity contribution in [3.05, 3.63) is 241 Å². The molecule has 3 heteroatoms. The summed E-state index contributed by atoms with van der Waals surface area (Å²) < 4.78 is 6.12. The lowest BCUT2D eigenvalue weighted by atomic mass is 9.74. The summed E-state index contributed by atoms with van der Waals surface area (Å²) in [6.45, 7) is 2.37. The number of benzene rings is 9. The maximum atomic E-state index is 6.12. The van der Waals surface area contributed by atoms with Crippen molar-refractivity contribution in [1.29, 1.82) is 0 Å².